The van der Waals surface area contributed by atoms with Crippen LogP contribution in [0.1, 0.15) is 13.3 Å². The molecule has 1 aliphatic rings. The number of hydrogen-bond donors (Lipinski definition) is 2. The zero-order chi connectivity index (χ0) is 21.1. The fourth-order valence-electron chi connectivity index (χ4n) is 2.34. The van der Waals surface area contributed by atoms with Crippen LogP contribution < -0.4 is 5.32 Å². The third kappa shape index (κ3) is 6.51. The van der Waals surface area contributed by atoms with Crippen LogP contribution in [0.2, 0.25) is 0 Å². The molecule has 1 fully saturated rings. The SMILES string of the molecule is C[C@@H](Nc1ncnc2nn(CC(F)(F)F)cc12)C(=O)N1CCC1.OC(F)(F)F. The predicted molar refractivity (Wildman–Crippen MR) is 83.9 cm³/mol. The number of carbonyl (C=O) groups excluding carboxylic acids is 1. The number of nitrogens with one attached hydrogen (secondary N) is 1. The van der Waals surface area contributed by atoms with Gasteiger partial charge in [0.25, 0.3) is 0 Å². The lowest BCUT2D eigenvalue weighted by molar-refractivity contribution is -0.295. The van der Waals surface area contributed by atoms with E-state index in [1.54, 1.807) is 11.8 Å². The van der Waals surface area contributed by atoms with E-state index in [4.69, 9.17) is 5.11 Å². The van der Waals surface area contributed by atoms with E-state index in [0.29, 0.717) is 11.2 Å². The second kappa shape index (κ2) is 8.16. The molecule has 1 amide bonds. The zero-order valence-corrected chi connectivity index (χ0v) is 14.4. The lowest BCUT2D eigenvalue weighted by Gasteiger charge is -2.33. The molecule has 2 aromatic rings. The fourth-order valence-corrected chi connectivity index (χ4v) is 2.34. The summed E-state index contributed by atoms with van der Waals surface area (Å²) in [5.41, 5.74) is 0.148. The maximum atomic E-state index is 12.5. The van der Waals surface area contributed by atoms with E-state index in [2.05, 4.69) is 20.4 Å². The van der Waals surface area contributed by atoms with Gasteiger partial charge >= 0.3 is 12.5 Å². The van der Waals surface area contributed by atoms with Crippen molar-refractivity contribution in [2.24, 2.45) is 0 Å². The van der Waals surface area contributed by atoms with Gasteiger partial charge in [-0.25, -0.2) is 9.97 Å². The predicted octanol–water partition coefficient (Wildman–Crippen LogP) is 1.92. The summed E-state index contributed by atoms with van der Waals surface area (Å²) in [5.74, 6) is 0.232. The lowest BCUT2D eigenvalue weighted by atomic mass is 10.1. The number of anilines is 1. The van der Waals surface area contributed by atoms with Gasteiger partial charge in [0.1, 0.15) is 24.7 Å². The van der Waals surface area contributed by atoms with Crippen LogP contribution in [0, 0.1) is 0 Å². The second-order valence-corrected chi connectivity index (χ2v) is 5.91. The van der Waals surface area contributed by atoms with Gasteiger partial charge in [0.2, 0.25) is 5.91 Å². The highest BCUT2D eigenvalue weighted by molar-refractivity contribution is 5.90. The van der Waals surface area contributed by atoms with E-state index in [9.17, 15) is 31.1 Å². The molecule has 28 heavy (non-hydrogen) atoms. The molecular weight excluding hydrogens is 398 g/mol. The third-order valence-corrected chi connectivity index (χ3v) is 3.60. The van der Waals surface area contributed by atoms with Crippen molar-refractivity contribution in [3.63, 3.8) is 0 Å². The summed E-state index contributed by atoms with van der Waals surface area (Å²) in [5, 5.41) is 13.6. The molecule has 1 aliphatic heterocycles. The third-order valence-electron chi connectivity index (χ3n) is 3.60. The molecule has 0 bridgehead atoms. The van der Waals surface area contributed by atoms with Crippen LogP contribution in [0.15, 0.2) is 12.5 Å². The number of nitrogens with zero attached hydrogens (tertiary/aromatic N) is 5. The molecule has 0 saturated carbocycles. The molecule has 3 rings (SSSR count). The van der Waals surface area contributed by atoms with Crippen LogP contribution in [-0.2, 0) is 11.3 Å². The number of fused-ring (bicyclic) bond motifs is 1. The van der Waals surface area contributed by atoms with E-state index < -0.39 is 25.1 Å². The average molecular weight is 414 g/mol. The summed E-state index contributed by atoms with van der Waals surface area (Å²) < 4.78 is 67.9. The minimum absolute atomic E-state index is 0.0642. The van der Waals surface area contributed by atoms with Crippen molar-refractivity contribution in [3.8, 4) is 0 Å². The Morgan fingerprint density at radius 2 is 1.86 bits per heavy atom. The molecule has 14 heteroatoms. The smallest absolute Gasteiger partial charge is 0.358 e. The molecule has 8 nitrogen and oxygen atoms in total. The van der Waals surface area contributed by atoms with Crippen molar-refractivity contribution in [2.45, 2.75) is 38.5 Å². The van der Waals surface area contributed by atoms with Gasteiger partial charge in [0, 0.05) is 19.3 Å². The molecule has 0 unspecified atom stereocenters. The van der Waals surface area contributed by atoms with Crippen molar-refractivity contribution >= 4 is 22.8 Å². The van der Waals surface area contributed by atoms with E-state index in [1.165, 1.54) is 12.5 Å². The molecule has 0 aliphatic carbocycles. The maximum Gasteiger partial charge on any atom is 0.519 e. The average Bonchev–Trinajstić information content (AvgIpc) is 2.84. The van der Waals surface area contributed by atoms with E-state index in [1.807, 2.05) is 0 Å². The van der Waals surface area contributed by atoms with Crippen LogP contribution in [0.25, 0.3) is 11.0 Å². The molecule has 0 aromatic carbocycles. The van der Waals surface area contributed by atoms with Crippen molar-refractivity contribution in [2.75, 3.05) is 18.4 Å². The number of amides is 1. The van der Waals surface area contributed by atoms with Crippen molar-refractivity contribution in [3.05, 3.63) is 12.5 Å². The highest BCUT2D eigenvalue weighted by Gasteiger charge is 2.29. The molecule has 1 atom stereocenters. The van der Waals surface area contributed by atoms with Gasteiger partial charge in [-0.1, -0.05) is 0 Å². The summed E-state index contributed by atoms with van der Waals surface area (Å²) in [6.07, 6.45) is -5.95. The summed E-state index contributed by atoms with van der Waals surface area (Å²) in [7, 11) is 0. The van der Waals surface area contributed by atoms with E-state index in [0.717, 1.165) is 24.2 Å². The van der Waals surface area contributed by atoms with Gasteiger partial charge in [0.05, 0.1) is 5.39 Å². The molecule has 0 spiro atoms. The molecule has 156 valence electrons. The minimum Gasteiger partial charge on any atom is -0.358 e. The largest absolute Gasteiger partial charge is 0.519 e. The second-order valence-electron chi connectivity index (χ2n) is 5.91. The van der Waals surface area contributed by atoms with Gasteiger partial charge in [-0.15, -0.1) is 13.2 Å². The first-order valence-corrected chi connectivity index (χ1v) is 7.93. The summed E-state index contributed by atoms with van der Waals surface area (Å²) >= 11 is 0. The standard InChI is InChI=1S/C13H15F3N6O.CHF3O/c1-8(12(23)21-3-2-4-21)19-10-9-5-22(6-13(14,15)16)20-11(9)18-7-17-10;2-1(3,4)5/h5,7-8H,2-4,6H2,1H3,(H,17,18,19,20);5H/t8-;/m1./s1. The molecule has 2 N–H and O–H groups in total. The van der Waals surface area contributed by atoms with Gasteiger partial charge < -0.3 is 15.3 Å². The number of halogens is 6. The number of aliphatic hydroxyl groups is 1. The van der Waals surface area contributed by atoms with E-state index >= 15 is 0 Å². The molecule has 2 aromatic heterocycles. The van der Waals surface area contributed by atoms with Crippen molar-refractivity contribution in [1.82, 2.24) is 24.6 Å². The normalized spacial score (nSPS) is 15.5. The summed E-state index contributed by atoms with van der Waals surface area (Å²) in [6.45, 7) is 1.95. The molecule has 1 saturated heterocycles. The van der Waals surface area contributed by atoms with E-state index in [-0.39, 0.29) is 11.6 Å². The Morgan fingerprint density at radius 3 is 2.36 bits per heavy atom. The summed E-state index contributed by atoms with van der Waals surface area (Å²) in [6, 6.07) is -0.528. The number of carbonyl (C=O) groups is 1. The summed E-state index contributed by atoms with van der Waals surface area (Å²) in [4.78, 5) is 21.7. The number of likely N-dealkylation sites (tertiary alicyclic amines) is 1. The Morgan fingerprint density at radius 1 is 1.25 bits per heavy atom. The fraction of sp³-hybridized carbons (Fsp3) is 0.571. The van der Waals surface area contributed by atoms with Crippen LogP contribution in [-0.4, -0.2) is 67.3 Å². The van der Waals surface area contributed by atoms with Crippen molar-refractivity contribution in [1.29, 1.82) is 0 Å². The maximum absolute atomic E-state index is 12.5. The Balaban J connectivity index is 0.000000500. The highest BCUT2D eigenvalue weighted by atomic mass is 19.4. The first kappa shape index (κ1) is 21.7. The van der Waals surface area contributed by atoms with Crippen LogP contribution in [0.4, 0.5) is 32.2 Å². The van der Waals surface area contributed by atoms with Gasteiger partial charge in [-0.2, -0.15) is 18.3 Å². The van der Waals surface area contributed by atoms with Crippen molar-refractivity contribution < 1.29 is 36.2 Å². The number of aromatic nitrogens is 4. The lowest BCUT2D eigenvalue weighted by Crippen LogP contribution is -2.48. The number of alkyl halides is 6. The first-order valence-electron chi connectivity index (χ1n) is 7.93. The van der Waals surface area contributed by atoms with Crippen LogP contribution >= 0.6 is 0 Å². The van der Waals surface area contributed by atoms with Gasteiger partial charge in [-0.3, -0.25) is 9.48 Å². The molecule has 0 radical (unpaired) electrons. The number of rotatable bonds is 4. The molecule has 3 heterocycles. The Labute approximate surface area is 154 Å². The molecular formula is C14H16F6N6O2. The van der Waals surface area contributed by atoms with Crippen LogP contribution in [0.5, 0.6) is 0 Å². The first-order chi connectivity index (χ1) is 12.8. The van der Waals surface area contributed by atoms with Gasteiger partial charge in [-0.05, 0) is 13.3 Å². The Hall–Kier alpha value is -2.64. The highest BCUT2D eigenvalue weighted by Crippen LogP contribution is 2.22. The zero-order valence-electron chi connectivity index (χ0n) is 14.4. The van der Waals surface area contributed by atoms with Crippen LogP contribution in [0.3, 0.4) is 0 Å². The number of hydrogen-bond acceptors (Lipinski definition) is 6. The monoisotopic (exact) mass is 414 g/mol. The topological polar surface area (TPSA) is 96.2 Å². The minimum atomic E-state index is -5.00. The Kier molecular flexibility index (Phi) is 6.31. The Bertz CT molecular complexity index is 811. The quantitative estimate of drug-likeness (QED) is 0.743. The van der Waals surface area contributed by atoms with Gasteiger partial charge in [0.15, 0.2) is 5.65 Å².